The first-order chi connectivity index (χ1) is 11.3. The molecule has 2 heterocycles. The number of hydrogen-bond acceptors (Lipinski definition) is 4. The number of nitrogens with zero attached hydrogens (tertiary/aromatic N) is 1. The molecular formula is C20H30N2O2. The lowest BCUT2D eigenvalue weighted by Crippen LogP contribution is -2.54. The molecule has 1 aromatic rings. The highest BCUT2D eigenvalue weighted by molar-refractivity contribution is 5.58. The third-order valence-corrected chi connectivity index (χ3v) is 5.52. The van der Waals surface area contributed by atoms with Crippen LogP contribution in [-0.2, 0) is 10.2 Å². The lowest BCUT2D eigenvalue weighted by Gasteiger charge is -2.46. The summed E-state index contributed by atoms with van der Waals surface area (Å²) in [6, 6.07) is 8.61. The highest BCUT2D eigenvalue weighted by Gasteiger charge is 2.46. The lowest BCUT2D eigenvalue weighted by atomic mass is 9.79. The molecule has 2 saturated heterocycles. The van der Waals surface area contributed by atoms with Gasteiger partial charge < -0.3 is 15.2 Å². The molecule has 4 heteroatoms. The Kier molecular flexibility index (Phi) is 4.82. The molecule has 4 nitrogen and oxygen atoms in total. The fourth-order valence-corrected chi connectivity index (χ4v) is 4.33. The first kappa shape index (κ1) is 17.6. The van der Waals surface area contributed by atoms with Crippen LogP contribution in [0.25, 0.3) is 0 Å². The van der Waals surface area contributed by atoms with Crippen molar-refractivity contribution in [1.82, 2.24) is 10.2 Å². The van der Waals surface area contributed by atoms with Crippen molar-refractivity contribution in [3.63, 3.8) is 0 Å². The second kappa shape index (κ2) is 6.58. The summed E-state index contributed by atoms with van der Waals surface area (Å²) in [7, 11) is 0. The van der Waals surface area contributed by atoms with Crippen LogP contribution in [0.15, 0.2) is 24.3 Å². The number of β-amino-alcohol motifs (C(OH)–C–C–N with tert-alkyl or cyclic N) is 1. The Bertz CT molecular complexity index is 596. The predicted molar refractivity (Wildman–Crippen MR) is 95.9 cm³/mol. The van der Waals surface area contributed by atoms with Crippen molar-refractivity contribution in [1.29, 1.82) is 0 Å². The molecule has 0 aliphatic carbocycles. The minimum absolute atomic E-state index is 0.0710. The Hall–Kier alpha value is -1.23. The van der Waals surface area contributed by atoms with E-state index in [0.717, 1.165) is 25.7 Å². The quantitative estimate of drug-likeness (QED) is 0.837. The van der Waals surface area contributed by atoms with Gasteiger partial charge in [-0.1, -0.05) is 51.5 Å². The van der Waals surface area contributed by atoms with E-state index in [2.05, 4.69) is 55.3 Å². The zero-order valence-corrected chi connectivity index (χ0v) is 15.1. The summed E-state index contributed by atoms with van der Waals surface area (Å²) >= 11 is 0. The molecule has 2 aliphatic rings. The van der Waals surface area contributed by atoms with Gasteiger partial charge in [0.05, 0.1) is 6.04 Å². The summed E-state index contributed by atoms with van der Waals surface area (Å²) in [6.45, 7) is 8.07. The Labute approximate surface area is 145 Å². The van der Waals surface area contributed by atoms with Gasteiger partial charge in [-0.3, -0.25) is 4.90 Å². The highest BCUT2D eigenvalue weighted by Crippen LogP contribution is 2.41. The van der Waals surface area contributed by atoms with Crippen LogP contribution in [-0.4, -0.2) is 41.1 Å². The molecular weight excluding hydrogens is 300 g/mol. The van der Waals surface area contributed by atoms with Crippen LogP contribution < -0.4 is 5.32 Å². The molecule has 2 aliphatic heterocycles. The van der Waals surface area contributed by atoms with Crippen LogP contribution in [0.5, 0.6) is 0 Å². The highest BCUT2D eigenvalue weighted by atomic mass is 16.3. The van der Waals surface area contributed by atoms with Crippen LogP contribution in [0.4, 0.5) is 0 Å². The van der Waals surface area contributed by atoms with Crippen LogP contribution >= 0.6 is 0 Å². The molecule has 1 unspecified atom stereocenters. The fraction of sp³-hybridized carbons (Fsp3) is 0.650. The first-order valence-electron chi connectivity index (χ1n) is 9.12. The van der Waals surface area contributed by atoms with Gasteiger partial charge in [0.1, 0.15) is 12.0 Å². The number of rotatable bonds is 3. The minimum Gasteiger partial charge on any atom is -0.374 e. The number of nitrogens with one attached hydrogen (secondary N) is 1. The Morgan fingerprint density at radius 3 is 2.71 bits per heavy atom. The normalized spacial score (nSPS) is 32.0. The van der Waals surface area contributed by atoms with Crippen molar-refractivity contribution in [2.24, 2.45) is 0 Å². The van der Waals surface area contributed by atoms with Gasteiger partial charge in [-0.05, 0) is 29.4 Å². The number of aliphatic hydroxyl groups is 1. The molecule has 2 N–H and O–H groups in total. The molecule has 0 aromatic heterocycles. The average molecular weight is 330 g/mol. The van der Waals surface area contributed by atoms with Crippen molar-refractivity contribution in [2.45, 2.75) is 69.7 Å². The van der Waals surface area contributed by atoms with Crippen LogP contribution in [0, 0.1) is 0 Å². The number of likely N-dealkylation sites (tertiary alicyclic amines) is 1. The summed E-state index contributed by atoms with van der Waals surface area (Å²) in [6.07, 6.45) is 4.73. The zero-order valence-electron chi connectivity index (χ0n) is 15.1. The van der Waals surface area contributed by atoms with E-state index in [1.165, 1.54) is 17.5 Å². The van der Waals surface area contributed by atoms with E-state index >= 15 is 0 Å². The number of carbonyl (C=O) groups is 1. The maximum atomic E-state index is 11.2. The summed E-state index contributed by atoms with van der Waals surface area (Å²) in [5.41, 5.74) is 1.82. The number of piperidine rings is 1. The number of benzene rings is 1. The molecule has 0 amide bonds. The molecule has 3 rings (SSSR count). The standard InChI is InChI=1S/C20H30N2O2/c1-19(2,3)17-9-5-4-8-16(17)18-10-6-7-11-22(18)20(24)12-15(13-23)21-14-20/h4-5,8-9,13,15,18,21,24H,6-7,10-12,14H2,1-3H3/t15-,18?,20-/m1/s1. The molecule has 132 valence electrons. The second-order valence-electron chi connectivity index (χ2n) is 8.35. The van der Waals surface area contributed by atoms with E-state index in [9.17, 15) is 9.90 Å². The molecule has 1 aromatic carbocycles. The van der Waals surface area contributed by atoms with Gasteiger partial charge in [0.2, 0.25) is 0 Å². The second-order valence-corrected chi connectivity index (χ2v) is 8.35. The minimum atomic E-state index is -0.929. The summed E-state index contributed by atoms with van der Waals surface area (Å²) < 4.78 is 0. The third-order valence-electron chi connectivity index (χ3n) is 5.52. The van der Waals surface area contributed by atoms with Gasteiger partial charge in [0, 0.05) is 25.6 Å². The van der Waals surface area contributed by atoms with E-state index in [1.54, 1.807) is 0 Å². The molecule has 2 fully saturated rings. The van der Waals surface area contributed by atoms with Gasteiger partial charge in [0.25, 0.3) is 0 Å². The Morgan fingerprint density at radius 2 is 2.04 bits per heavy atom. The van der Waals surface area contributed by atoms with E-state index < -0.39 is 5.72 Å². The number of carbonyl (C=O) groups excluding carboxylic acids is 1. The number of hydrogen-bond donors (Lipinski definition) is 2. The van der Waals surface area contributed by atoms with Crippen LogP contribution in [0.3, 0.4) is 0 Å². The topological polar surface area (TPSA) is 52.6 Å². The largest absolute Gasteiger partial charge is 0.374 e. The summed E-state index contributed by atoms with van der Waals surface area (Å²) in [4.78, 5) is 13.4. The molecule has 0 bridgehead atoms. The molecule has 0 radical (unpaired) electrons. The van der Waals surface area contributed by atoms with Gasteiger partial charge in [-0.25, -0.2) is 0 Å². The van der Waals surface area contributed by atoms with Crippen LogP contribution in [0.1, 0.15) is 63.6 Å². The summed E-state index contributed by atoms with van der Waals surface area (Å²) in [5.74, 6) is 0. The van der Waals surface area contributed by atoms with Crippen molar-refractivity contribution in [3.8, 4) is 0 Å². The number of aldehydes is 1. The molecule has 24 heavy (non-hydrogen) atoms. The predicted octanol–water partition coefficient (Wildman–Crippen LogP) is 2.76. The van der Waals surface area contributed by atoms with E-state index in [-0.39, 0.29) is 17.5 Å². The van der Waals surface area contributed by atoms with Crippen molar-refractivity contribution < 1.29 is 9.90 Å². The van der Waals surface area contributed by atoms with Gasteiger partial charge in [-0.2, -0.15) is 0 Å². The van der Waals surface area contributed by atoms with Crippen LogP contribution in [0.2, 0.25) is 0 Å². The lowest BCUT2D eigenvalue weighted by molar-refractivity contribution is -0.129. The van der Waals surface area contributed by atoms with E-state index in [1.807, 2.05) is 0 Å². The smallest absolute Gasteiger partial charge is 0.137 e. The monoisotopic (exact) mass is 330 g/mol. The SMILES string of the molecule is CC(C)(C)c1ccccc1C1CCCCN1[C@]1(O)CN[C@@H](C=O)C1. The third kappa shape index (κ3) is 3.28. The Morgan fingerprint density at radius 1 is 1.29 bits per heavy atom. The van der Waals surface area contributed by atoms with Crippen molar-refractivity contribution in [2.75, 3.05) is 13.1 Å². The van der Waals surface area contributed by atoms with Gasteiger partial charge in [0.15, 0.2) is 0 Å². The van der Waals surface area contributed by atoms with Crippen molar-refractivity contribution >= 4 is 6.29 Å². The molecule has 3 atom stereocenters. The van der Waals surface area contributed by atoms with Gasteiger partial charge >= 0.3 is 0 Å². The Balaban J connectivity index is 1.96. The summed E-state index contributed by atoms with van der Waals surface area (Å²) in [5, 5.41) is 14.4. The zero-order chi connectivity index (χ0) is 17.4. The fourth-order valence-electron chi connectivity index (χ4n) is 4.33. The first-order valence-corrected chi connectivity index (χ1v) is 9.12. The van der Waals surface area contributed by atoms with E-state index in [0.29, 0.717) is 13.0 Å². The van der Waals surface area contributed by atoms with E-state index in [4.69, 9.17) is 0 Å². The van der Waals surface area contributed by atoms with Gasteiger partial charge in [-0.15, -0.1) is 0 Å². The maximum Gasteiger partial charge on any atom is 0.137 e. The maximum absolute atomic E-state index is 11.2. The van der Waals surface area contributed by atoms with Crippen molar-refractivity contribution in [3.05, 3.63) is 35.4 Å². The molecule has 0 saturated carbocycles. The molecule has 0 spiro atoms. The average Bonchev–Trinajstić information content (AvgIpc) is 2.97.